The number of hydrogen-bond donors (Lipinski definition) is 1. The highest BCUT2D eigenvalue weighted by Gasteiger charge is 2.28. The first-order valence-corrected chi connectivity index (χ1v) is 11.3. The van der Waals surface area contributed by atoms with Crippen molar-refractivity contribution in [1.82, 2.24) is 14.9 Å². The van der Waals surface area contributed by atoms with Crippen LogP contribution in [0.3, 0.4) is 0 Å². The molecule has 5 rings (SSSR count). The van der Waals surface area contributed by atoms with Gasteiger partial charge in [0.05, 0.1) is 15.9 Å². The van der Waals surface area contributed by atoms with Gasteiger partial charge in [0, 0.05) is 25.4 Å². The fourth-order valence-electron chi connectivity index (χ4n) is 4.05. The van der Waals surface area contributed by atoms with Crippen LogP contribution in [0, 0.1) is 0 Å². The Labute approximate surface area is 190 Å². The lowest BCUT2D eigenvalue weighted by Crippen LogP contribution is -2.28. The van der Waals surface area contributed by atoms with E-state index in [0.717, 1.165) is 18.4 Å². The second-order valence-corrected chi connectivity index (χ2v) is 8.56. The summed E-state index contributed by atoms with van der Waals surface area (Å²) in [6, 6.07) is 11.3. The van der Waals surface area contributed by atoms with Crippen molar-refractivity contribution in [3.05, 3.63) is 63.2 Å². The second kappa shape index (κ2) is 8.82. The van der Waals surface area contributed by atoms with Crippen LogP contribution >= 0.6 is 11.6 Å². The lowest BCUT2D eigenvalue weighted by Gasteiger charge is -2.20. The molecule has 2 aromatic carbocycles. The van der Waals surface area contributed by atoms with Crippen LogP contribution in [-0.2, 0) is 17.6 Å². The molecule has 32 heavy (non-hydrogen) atoms. The summed E-state index contributed by atoms with van der Waals surface area (Å²) in [7, 11) is 0. The molecule has 2 heterocycles. The first kappa shape index (κ1) is 20.8. The summed E-state index contributed by atoms with van der Waals surface area (Å²) in [5.41, 5.74) is 1.64. The summed E-state index contributed by atoms with van der Waals surface area (Å²) in [4.78, 5) is 30.1. The van der Waals surface area contributed by atoms with Crippen molar-refractivity contribution < 1.29 is 14.3 Å². The van der Waals surface area contributed by atoms with E-state index in [1.807, 2.05) is 36.4 Å². The van der Waals surface area contributed by atoms with Gasteiger partial charge in [-0.05, 0) is 49.1 Å². The van der Waals surface area contributed by atoms with Gasteiger partial charge in [0.15, 0.2) is 11.5 Å². The smallest absolute Gasteiger partial charge is 0.261 e. The molecule has 8 heteroatoms. The molecule has 0 unspecified atom stereocenters. The molecular formula is C24H24ClN3O4. The molecule has 0 atom stereocenters. The molecule has 3 aromatic rings. The molecule has 1 amide bonds. The highest BCUT2D eigenvalue weighted by atomic mass is 35.5. The van der Waals surface area contributed by atoms with Crippen LogP contribution in [0.4, 0.5) is 0 Å². The summed E-state index contributed by atoms with van der Waals surface area (Å²) < 4.78 is 12.9. The van der Waals surface area contributed by atoms with Crippen LogP contribution < -0.4 is 20.3 Å². The normalized spacial score (nSPS) is 15.0. The lowest BCUT2D eigenvalue weighted by atomic mass is 10.1. The van der Waals surface area contributed by atoms with E-state index in [1.54, 1.807) is 4.57 Å². The molecule has 2 aliphatic rings. The molecular weight excluding hydrogens is 430 g/mol. The number of halogens is 1. The van der Waals surface area contributed by atoms with E-state index in [2.05, 4.69) is 5.32 Å². The third-order valence-electron chi connectivity index (χ3n) is 5.76. The fourth-order valence-corrected chi connectivity index (χ4v) is 4.33. The Kier molecular flexibility index (Phi) is 5.74. The predicted octanol–water partition coefficient (Wildman–Crippen LogP) is 3.45. The fraction of sp³-hybridized carbons (Fsp3) is 0.375. The Morgan fingerprint density at radius 2 is 1.97 bits per heavy atom. The Morgan fingerprint density at radius 1 is 1.16 bits per heavy atom. The van der Waals surface area contributed by atoms with Gasteiger partial charge in [0.2, 0.25) is 5.91 Å². The van der Waals surface area contributed by atoms with Gasteiger partial charge >= 0.3 is 0 Å². The van der Waals surface area contributed by atoms with Crippen molar-refractivity contribution in [2.24, 2.45) is 0 Å². The van der Waals surface area contributed by atoms with Gasteiger partial charge in [-0.2, -0.15) is 0 Å². The molecule has 1 N–H and O–H groups in total. The number of ether oxygens (including phenoxy) is 2. The van der Waals surface area contributed by atoms with Crippen LogP contribution in [-0.4, -0.2) is 35.2 Å². The molecule has 0 bridgehead atoms. The van der Waals surface area contributed by atoms with Gasteiger partial charge < -0.3 is 14.8 Å². The minimum absolute atomic E-state index is 0.0102. The number of hydrogen-bond acceptors (Lipinski definition) is 5. The molecule has 1 aromatic heterocycles. The number of aromatic nitrogens is 2. The standard InChI is InChI=1S/C24H24ClN3O4/c25-18-13-15(14-20-23(18)32-12-11-31-20)9-10-26-22(29)8-7-21-27-19-4-2-1-3-17(19)24(30)28(21)16-5-6-16/h1-4,13-14,16H,5-12H2,(H,26,29). The first-order valence-electron chi connectivity index (χ1n) is 10.9. The molecule has 1 fully saturated rings. The summed E-state index contributed by atoms with van der Waals surface area (Å²) in [5, 5.41) is 4.10. The number of rotatable bonds is 7. The SMILES string of the molecule is O=C(CCc1nc2ccccc2c(=O)n1C1CC1)NCCc1cc(Cl)c2c(c1)OCCO2. The van der Waals surface area contributed by atoms with Crippen LogP contribution in [0.15, 0.2) is 41.2 Å². The maximum atomic E-state index is 12.9. The average molecular weight is 454 g/mol. The minimum atomic E-state index is -0.0709. The molecule has 1 saturated carbocycles. The van der Waals surface area contributed by atoms with Crippen molar-refractivity contribution in [2.75, 3.05) is 19.8 Å². The number of para-hydroxylation sites is 1. The quantitative estimate of drug-likeness (QED) is 0.592. The number of benzene rings is 2. The van der Waals surface area contributed by atoms with Crippen molar-refractivity contribution in [3.63, 3.8) is 0 Å². The molecule has 0 saturated heterocycles. The van der Waals surface area contributed by atoms with E-state index in [1.165, 1.54) is 0 Å². The third-order valence-corrected chi connectivity index (χ3v) is 6.04. The largest absolute Gasteiger partial charge is 0.486 e. The van der Waals surface area contributed by atoms with Gasteiger partial charge in [-0.25, -0.2) is 4.98 Å². The summed E-state index contributed by atoms with van der Waals surface area (Å²) >= 11 is 6.28. The first-order chi connectivity index (χ1) is 15.6. The molecule has 7 nitrogen and oxygen atoms in total. The highest BCUT2D eigenvalue weighted by Crippen LogP contribution is 2.38. The Balaban J connectivity index is 1.21. The van der Waals surface area contributed by atoms with E-state index in [-0.39, 0.29) is 23.9 Å². The number of fused-ring (bicyclic) bond motifs is 2. The Morgan fingerprint density at radius 3 is 2.81 bits per heavy atom. The van der Waals surface area contributed by atoms with Crippen LogP contribution in [0.2, 0.25) is 5.02 Å². The zero-order valence-corrected chi connectivity index (χ0v) is 18.4. The van der Waals surface area contributed by atoms with E-state index in [9.17, 15) is 9.59 Å². The van der Waals surface area contributed by atoms with E-state index in [4.69, 9.17) is 26.1 Å². The number of amides is 1. The van der Waals surface area contributed by atoms with Gasteiger partial charge in [0.25, 0.3) is 5.56 Å². The number of nitrogens with one attached hydrogen (secondary N) is 1. The lowest BCUT2D eigenvalue weighted by molar-refractivity contribution is -0.121. The number of nitrogens with zero attached hydrogens (tertiary/aromatic N) is 2. The Bertz CT molecular complexity index is 1240. The van der Waals surface area contributed by atoms with E-state index < -0.39 is 0 Å². The average Bonchev–Trinajstić information content (AvgIpc) is 3.63. The zero-order chi connectivity index (χ0) is 22.1. The molecule has 1 aliphatic carbocycles. The maximum absolute atomic E-state index is 12.9. The van der Waals surface area contributed by atoms with Crippen molar-refractivity contribution in [1.29, 1.82) is 0 Å². The van der Waals surface area contributed by atoms with Crippen LogP contribution in [0.1, 0.15) is 36.7 Å². The van der Waals surface area contributed by atoms with Crippen molar-refractivity contribution in [3.8, 4) is 11.5 Å². The second-order valence-electron chi connectivity index (χ2n) is 8.15. The summed E-state index contributed by atoms with van der Waals surface area (Å²) in [5.74, 6) is 1.84. The topological polar surface area (TPSA) is 82.5 Å². The summed E-state index contributed by atoms with van der Waals surface area (Å²) in [6.07, 6.45) is 3.30. The van der Waals surface area contributed by atoms with Gasteiger partial charge in [-0.3, -0.25) is 14.2 Å². The predicted molar refractivity (Wildman–Crippen MR) is 122 cm³/mol. The van der Waals surface area contributed by atoms with Crippen molar-refractivity contribution in [2.45, 2.75) is 38.1 Å². The third kappa shape index (κ3) is 4.30. The maximum Gasteiger partial charge on any atom is 0.261 e. The minimum Gasteiger partial charge on any atom is -0.486 e. The van der Waals surface area contributed by atoms with E-state index in [0.29, 0.717) is 65.8 Å². The molecule has 0 radical (unpaired) electrons. The summed E-state index contributed by atoms with van der Waals surface area (Å²) in [6.45, 7) is 1.47. The van der Waals surface area contributed by atoms with Crippen LogP contribution in [0.25, 0.3) is 10.9 Å². The van der Waals surface area contributed by atoms with Crippen LogP contribution in [0.5, 0.6) is 11.5 Å². The zero-order valence-electron chi connectivity index (χ0n) is 17.6. The van der Waals surface area contributed by atoms with Crippen molar-refractivity contribution >= 4 is 28.4 Å². The number of carbonyl (C=O) groups is 1. The molecule has 1 aliphatic heterocycles. The monoisotopic (exact) mass is 453 g/mol. The highest BCUT2D eigenvalue weighted by molar-refractivity contribution is 6.32. The molecule has 166 valence electrons. The van der Waals surface area contributed by atoms with Gasteiger partial charge in [0.1, 0.15) is 19.0 Å². The van der Waals surface area contributed by atoms with Gasteiger partial charge in [-0.1, -0.05) is 23.7 Å². The van der Waals surface area contributed by atoms with Gasteiger partial charge in [-0.15, -0.1) is 0 Å². The molecule has 0 spiro atoms. The Hall–Kier alpha value is -3.06. The number of carbonyl (C=O) groups excluding carboxylic acids is 1. The number of aryl methyl sites for hydroxylation is 1. The van der Waals surface area contributed by atoms with E-state index >= 15 is 0 Å².